The molecule has 0 fully saturated rings. The van der Waals surface area contributed by atoms with Gasteiger partial charge in [-0.25, -0.2) is 4.39 Å². The second-order valence-corrected chi connectivity index (χ2v) is 5.04. The van der Waals surface area contributed by atoms with Gasteiger partial charge in [0.15, 0.2) is 11.5 Å². The molecule has 0 aliphatic rings. The fraction of sp³-hybridized carbons (Fsp3) is 0.250. The molecule has 0 bridgehead atoms. The number of ether oxygens (including phenoxy) is 2. The van der Waals surface area contributed by atoms with Crippen molar-refractivity contribution >= 4 is 12.4 Å². The Bertz CT molecular complexity index is 778. The first-order chi connectivity index (χ1) is 12.0. The summed E-state index contributed by atoms with van der Waals surface area (Å²) >= 11 is 0. The zero-order valence-corrected chi connectivity index (χ0v) is 14.1. The number of rotatable bonds is 5. The average Bonchev–Trinajstić information content (AvgIpc) is 2.51. The molecule has 2 aromatic carbocycles. The first-order valence-electron chi connectivity index (χ1n) is 7.11. The Morgan fingerprint density at radius 3 is 2.07 bits per heavy atom. The molecule has 0 spiro atoms. The normalized spacial score (nSPS) is 11.7. The first kappa shape index (κ1) is 22.8. The third kappa shape index (κ3) is 6.17. The molecule has 0 unspecified atom stereocenters. The van der Waals surface area contributed by atoms with E-state index in [9.17, 15) is 30.7 Å². The summed E-state index contributed by atoms with van der Waals surface area (Å²) in [7, 11) is 0. The summed E-state index contributed by atoms with van der Waals surface area (Å²) in [6, 6.07) is 4.82. The van der Waals surface area contributed by atoms with Gasteiger partial charge in [-0.05, 0) is 29.8 Å². The van der Waals surface area contributed by atoms with Gasteiger partial charge in [0.05, 0.1) is 5.56 Å². The van der Waals surface area contributed by atoms with Gasteiger partial charge < -0.3 is 15.2 Å². The molecule has 0 heterocycles. The van der Waals surface area contributed by atoms with Gasteiger partial charge in [0.25, 0.3) is 0 Å². The molecule has 0 saturated carbocycles. The molecule has 2 N–H and O–H groups in total. The maximum absolute atomic E-state index is 14.0. The van der Waals surface area contributed by atoms with Gasteiger partial charge in [0, 0.05) is 12.1 Å². The molecule has 3 nitrogen and oxygen atoms in total. The molecule has 27 heavy (non-hydrogen) atoms. The van der Waals surface area contributed by atoms with Crippen molar-refractivity contribution in [1.29, 1.82) is 0 Å². The van der Waals surface area contributed by atoms with Crippen molar-refractivity contribution in [3.63, 3.8) is 0 Å². The van der Waals surface area contributed by atoms with E-state index in [0.717, 1.165) is 18.2 Å². The van der Waals surface area contributed by atoms with Crippen LogP contribution in [0.15, 0.2) is 36.4 Å². The first-order valence-corrected chi connectivity index (χ1v) is 7.11. The predicted octanol–water partition coefficient (Wildman–Crippen LogP) is 5.17. The zero-order chi connectivity index (χ0) is 19.5. The van der Waals surface area contributed by atoms with E-state index >= 15 is 0 Å². The zero-order valence-electron chi connectivity index (χ0n) is 13.3. The second kappa shape index (κ2) is 8.66. The third-order valence-corrected chi connectivity index (χ3v) is 3.15. The van der Waals surface area contributed by atoms with Crippen molar-refractivity contribution in [3.8, 4) is 22.6 Å². The van der Waals surface area contributed by atoms with Gasteiger partial charge in [0.2, 0.25) is 0 Å². The second-order valence-electron chi connectivity index (χ2n) is 5.04. The highest BCUT2D eigenvalue weighted by Crippen LogP contribution is 2.38. The quantitative estimate of drug-likeness (QED) is 0.680. The third-order valence-electron chi connectivity index (χ3n) is 3.15. The molecule has 150 valence electrons. The monoisotopic (exact) mass is 419 g/mol. The minimum absolute atomic E-state index is 0. The number of hydrogen-bond donors (Lipinski definition) is 1. The van der Waals surface area contributed by atoms with Crippen LogP contribution in [-0.4, -0.2) is 19.5 Å². The van der Waals surface area contributed by atoms with Crippen LogP contribution in [0.25, 0.3) is 11.1 Å². The smallest absolute Gasteiger partial charge is 0.488 e. The maximum Gasteiger partial charge on any atom is 0.573 e. The molecular formula is C16H13ClF7NO2. The lowest BCUT2D eigenvalue weighted by Crippen LogP contribution is -2.18. The standard InChI is InChI=1S/C16H12F7NO2.ClH/c17-12-8-10(15(18,19)20)2-3-11(12)9-1-4-13(25-6-5-24)14(7-9)26-16(21,22)23;/h1-4,7-8H,5-6,24H2;1H. The molecule has 2 aromatic rings. The highest BCUT2D eigenvalue weighted by atomic mass is 35.5. The van der Waals surface area contributed by atoms with E-state index < -0.39 is 29.7 Å². The molecule has 0 aliphatic carbocycles. The Balaban J connectivity index is 0.00000364. The number of alkyl halides is 6. The highest BCUT2D eigenvalue weighted by Gasteiger charge is 2.33. The summed E-state index contributed by atoms with van der Waals surface area (Å²) < 4.78 is 98.3. The lowest BCUT2D eigenvalue weighted by molar-refractivity contribution is -0.275. The number of benzene rings is 2. The molecular weight excluding hydrogens is 407 g/mol. The van der Waals surface area contributed by atoms with Crippen LogP contribution in [0, 0.1) is 5.82 Å². The molecule has 11 heteroatoms. The van der Waals surface area contributed by atoms with E-state index in [0.29, 0.717) is 6.07 Å². The van der Waals surface area contributed by atoms with Crippen LogP contribution >= 0.6 is 12.4 Å². The topological polar surface area (TPSA) is 44.5 Å². The van der Waals surface area contributed by atoms with Crippen molar-refractivity contribution in [2.45, 2.75) is 12.5 Å². The Hall–Kier alpha value is -2.20. The summed E-state index contributed by atoms with van der Waals surface area (Å²) in [6.07, 6.45) is -9.79. The molecule has 0 atom stereocenters. The Morgan fingerprint density at radius 2 is 1.56 bits per heavy atom. The predicted molar refractivity (Wildman–Crippen MR) is 85.3 cm³/mol. The van der Waals surface area contributed by atoms with Crippen LogP contribution in [0.1, 0.15) is 5.56 Å². The van der Waals surface area contributed by atoms with E-state index in [2.05, 4.69) is 4.74 Å². The maximum atomic E-state index is 14.0. The van der Waals surface area contributed by atoms with Gasteiger partial charge in [-0.1, -0.05) is 12.1 Å². The van der Waals surface area contributed by atoms with Crippen LogP contribution < -0.4 is 15.2 Å². The van der Waals surface area contributed by atoms with Gasteiger partial charge >= 0.3 is 12.5 Å². The fourth-order valence-electron chi connectivity index (χ4n) is 2.09. The number of hydrogen-bond acceptors (Lipinski definition) is 3. The number of halogens is 8. The van der Waals surface area contributed by atoms with Crippen LogP contribution in [0.2, 0.25) is 0 Å². The van der Waals surface area contributed by atoms with Crippen LogP contribution in [0.4, 0.5) is 30.7 Å². The van der Waals surface area contributed by atoms with E-state index in [1.54, 1.807) is 0 Å². The average molecular weight is 420 g/mol. The molecule has 0 saturated heterocycles. The molecule has 2 rings (SSSR count). The van der Waals surface area contributed by atoms with E-state index in [-0.39, 0.29) is 48.5 Å². The van der Waals surface area contributed by atoms with Crippen molar-refractivity contribution in [2.75, 3.05) is 13.2 Å². The molecule has 0 radical (unpaired) electrons. The summed E-state index contributed by atoms with van der Waals surface area (Å²) in [5.74, 6) is -2.29. The minimum Gasteiger partial charge on any atom is -0.488 e. The van der Waals surface area contributed by atoms with E-state index in [4.69, 9.17) is 10.5 Å². The van der Waals surface area contributed by atoms with Crippen molar-refractivity contribution in [1.82, 2.24) is 0 Å². The SMILES string of the molecule is Cl.NCCOc1ccc(-c2ccc(C(F)(F)F)cc2F)cc1OC(F)(F)F. The lowest BCUT2D eigenvalue weighted by Gasteiger charge is -2.16. The number of nitrogens with two attached hydrogens (primary N) is 1. The van der Waals surface area contributed by atoms with Crippen LogP contribution in [0.3, 0.4) is 0 Å². The minimum atomic E-state index is -5.04. The largest absolute Gasteiger partial charge is 0.573 e. The fourth-order valence-corrected chi connectivity index (χ4v) is 2.09. The Kier molecular flexibility index (Phi) is 7.32. The summed E-state index contributed by atoms with van der Waals surface area (Å²) in [4.78, 5) is 0. The highest BCUT2D eigenvalue weighted by molar-refractivity contribution is 5.85. The van der Waals surface area contributed by atoms with E-state index in [1.165, 1.54) is 6.07 Å². The van der Waals surface area contributed by atoms with Crippen molar-refractivity contribution in [3.05, 3.63) is 47.8 Å². The van der Waals surface area contributed by atoms with Gasteiger partial charge in [0.1, 0.15) is 12.4 Å². The summed E-state index contributed by atoms with van der Waals surface area (Å²) in [5.41, 5.74) is 3.56. The summed E-state index contributed by atoms with van der Waals surface area (Å²) in [5, 5.41) is 0. The lowest BCUT2D eigenvalue weighted by atomic mass is 10.0. The molecule has 0 aromatic heterocycles. The van der Waals surface area contributed by atoms with Gasteiger partial charge in [-0.15, -0.1) is 25.6 Å². The van der Waals surface area contributed by atoms with Crippen LogP contribution in [-0.2, 0) is 6.18 Å². The molecule has 0 amide bonds. The van der Waals surface area contributed by atoms with Crippen molar-refractivity contribution in [2.24, 2.45) is 5.73 Å². The molecule has 0 aliphatic heterocycles. The van der Waals surface area contributed by atoms with Gasteiger partial charge in [-0.2, -0.15) is 13.2 Å². The van der Waals surface area contributed by atoms with Gasteiger partial charge in [-0.3, -0.25) is 0 Å². The van der Waals surface area contributed by atoms with Crippen molar-refractivity contribution < 1.29 is 40.2 Å². The Morgan fingerprint density at radius 1 is 0.889 bits per heavy atom. The summed E-state index contributed by atoms with van der Waals surface area (Å²) in [6.45, 7) is -0.0665. The van der Waals surface area contributed by atoms with Crippen LogP contribution in [0.5, 0.6) is 11.5 Å². The van der Waals surface area contributed by atoms with E-state index in [1.807, 2.05) is 0 Å². The Labute approximate surface area is 155 Å².